The van der Waals surface area contributed by atoms with Gasteiger partial charge < -0.3 is 4.52 Å². The zero-order valence-electron chi connectivity index (χ0n) is 8.29. The molecule has 1 heterocycles. The number of aryl methyl sites for hydroxylation is 1. The van der Waals surface area contributed by atoms with Crippen molar-refractivity contribution in [2.45, 2.75) is 45.4 Å². The summed E-state index contributed by atoms with van der Waals surface area (Å²) >= 11 is 0. The molecule has 1 aliphatic carbocycles. The van der Waals surface area contributed by atoms with Crippen LogP contribution in [-0.2, 0) is 0 Å². The van der Waals surface area contributed by atoms with E-state index in [1.165, 1.54) is 25.7 Å². The highest BCUT2D eigenvalue weighted by molar-refractivity contribution is 4.94. The largest absolute Gasteiger partial charge is 0.339 e. The third kappa shape index (κ3) is 1.90. The van der Waals surface area contributed by atoms with Crippen LogP contribution in [0.15, 0.2) is 4.52 Å². The van der Waals surface area contributed by atoms with Crippen molar-refractivity contribution in [1.82, 2.24) is 10.1 Å². The molecule has 0 aromatic carbocycles. The summed E-state index contributed by atoms with van der Waals surface area (Å²) in [6.07, 6.45) is 5.02. The molecule has 0 N–H and O–H groups in total. The molecule has 0 unspecified atom stereocenters. The minimum atomic E-state index is 0.525. The molecule has 1 aromatic rings. The van der Waals surface area contributed by atoms with Gasteiger partial charge in [-0.05, 0) is 38.5 Å². The van der Waals surface area contributed by atoms with Crippen molar-refractivity contribution < 1.29 is 4.52 Å². The minimum absolute atomic E-state index is 0.525. The Morgan fingerprint density at radius 1 is 1.23 bits per heavy atom. The first-order chi connectivity index (χ1) is 6.25. The van der Waals surface area contributed by atoms with E-state index in [9.17, 15) is 0 Å². The molecular formula is C10H16N2O. The predicted molar refractivity (Wildman–Crippen MR) is 49.4 cm³/mol. The number of nitrogens with zero attached hydrogens (tertiary/aromatic N) is 2. The van der Waals surface area contributed by atoms with E-state index in [4.69, 9.17) is 4.52 Å². The predicted octanol–water partition coefficient (Wildman–Crippen LogP) is 2.67. The summed E-state index contributed by atoms with van der Waals surface area (Å²) in [5, 5.41) is 3.82. The normalized spacial score (nSPS) is 29.1. The first kappa shape index (κ1) is 8.73. The van der Waals surface area contributed by atoms with Gasteiger partial charge in [0.2, 0.25) is 5.89 Å². The Morgan fingerprint density at radius 3 is 2.46 bits per heavy atom. The third-order valence-electron chi connectivity index (χ3n) is 2.91. The van der Waals surface area contributed by atoms with Crippen molar-refractivity contribution >= 4 is 0 Å². The molecule has 0 amide bonds. The lowest BCUT2D eigenvalue weighted by Gasteiger charge is -2.22. The molecule has 1 aliphatic rings. The van der Waals surface area contributed by atoms with E-state index in [2.05, 4.69) is 17.1 Å². The van der Waals surface area contributed by atoms with Crippen LogP contribution in [0, 0.1) is 12.8 Å². The van der Waals surface area contributed by atoms with Gasteiger partial charge in [-0.2, -0.15) is 4.98 Å². The lowest BCUT2D eigenvalue weighted by molar-refractivity contribution is 0.280. The first-order valence-electron chi connectivity index (χ1n) is 5.06. The van der Waals surface area contributed by atoms with Crippen LogP contribution in [0.2, 0.25) is 0 Å². The summed E-state index contributed by atoms with van der Waals surface area (Å²) in [5.41, 5.74) is 0. The summed E-state index contributed by atoms with van der Waals surface area (Å²) in [6, 6.07) is 0. The molecule has 0 radical (unpaired) electrons. The van der Waals surface area contributed by atoms with Crippen molar-refractivity contribution in [2.75, 3.05) is 0 Å². The van der Waals surface area contributed by atoms with Gasteiger partial charge >= 0.3 is 0 Å². The zero-order chi connectivity index (χ0) is 9.26. The van der Waals surface area contributed by atoms with Gasteiger partial charge in [0.1, 0.15) is 0 Å². The van der Waals surface area contributed by atoms with Gasteiger partial charge in [0, 0.05) is 5.92 Å². The Kier molecular flexibility index (Phi) is 2.34. The van der Waals surface area contributed by atoms with Crippen LogP contribution in [0.3, 0.4) is 0 Å². The zero-order valence-corrected chi connectivity index (χ0v) is 8.29. The maximum atomic E-state index is 5.18. The fraction of sp³-hybridized carbons (Fsp3) is 0.800. The molecule has 2 rings (SSSR count). The highest BCUT2D eigenvalue weighted by Gasteiger charge is 2.23. The van der Waals surface area contributed by atoms with Gasteiger partial charge in [0.25, 0.3) is 0 Å². The lowest BCUT2D eigenvalue weighted by Crippen LogP contribution is -2.10. The SMILES string of the molecule is Cc1noc([C@H]2CC[C@H](C)CC2)n1. The molecule has 0 bridgehead atoms. The molecule has 0 saturated heterocycles. The molecule has 3 heteroatoms. The maximum absolute atomic E-state index is 5.18. The third-order valence-corrected chi connectivity index (χ3v) is 2.91. The molecule has 0 spiro atoms. The molecule has 0 atom stereocenters. The molecule has 72 valence electrons. The molecule has 1 saturated carbocycles. The number of rotatable bonds is 1. The Bertz CT molecular complexity index is 274. The van der Waals surface area contributed by atoms with Gasteiger partial charge in [-0.25, -0.2) is 0 Å². The molecule has 1 fully saturated rings. The van der Waals surface area contributed by atoms with Crippen LogP contribution >= 0.6 is 0 Å². The Morgan fingerprint density at radius 2 is 1.92 bits per heavy atom. The average Bonchev–Trinajstić information content (AvgIpc) is 2.53. The summed E-state index contributed by atoms with van der Waals surface area (Å²) in [7, 11) is 0. The summed E-state index contributed by atoms with van der Waals surface area (Å²) in [6.45, 7) is 4.19. The van der Waals surface area contributed by atoms with E-state index < -0.39 is 0 Å². The van der Waals surface area contributed by atoms with E-state index >= 15 is 0 Å². The van der Waals surface area contributed by atoms with Crippen molar-refractivity contribution in [3.63, 3.8) is 0 Å². The van der Waals surface area contributed by atoms with Crippen LogP contribution in [0.4, 0.5) is 0 Å². The van der Waals surface area contributed by atoms with Gasteiger partial charge in [-0.1, -0.05) is 12.1 Å². The number of hydrogen-bond donors (Lipinski definition) is 0. The Balaban J connectivity index is 2.02. The lowest BCUT2D eigenvalue weighted by atomic mass is 9.83. The fourth-order valence-corrected chi connectivity index (χ4v) is 1.99. The van der Waals surface area contributed by atoms with Crippen LogP contribution in [-0.4, -0.2) is 10.1 Å². The van der Waals surface area contributed by atoms with Crippen LogP contribution in [0.5, 0.6) is 0 Å². The number of hydrogen-bond acceptors (Lipinski definition) is 3. The molecule has 1 aromatic heterocycles. The first-order valence-corrected chi connectivity index (χ1v) is 5.06. The average molecular weight is 180 g/mol. The minimum Gasteiger partial charge on any atom is -0.339 e. The quantitative estimate of drug-likeness (QED) is 0.667. The maximum Gasteiger partial charge on any atom is 0.229 e. The summed E-state index contributed by atoms with van der Waals surface area (Å²) in [5.74, 6) is 3.01. The summed E-state index contributed by atoms with van der Waals surface area (Å²) in [4.78, 5) is 4.28. The monoisotopic (exact) mass is 180 g/mol. The van der Waals surface area contributed by atoms with E-state index in [1.807, 2.05) is 6.92 Å². The highest BCUT2D eigenvalue weighted by Crippen LogP contribution is 2.34. The van der Waals surface area contributed by atoms with E-state index in [0.717, 1.165) is 17.6 Å². The fourth-order valence-electron chi connectivity index (χ4n) is 1.99. The smallest absolute Gasteiger partial charge is 0.229 e. The second-order valence-corrected chi connectivity index (χ2v) is 4.14. The highest BCUT2D eigenvalue weighted by atomic mass is 16.5. The van der Waals surface area contributed by atoms with Crippen molar-refractivity contribution in [3.8, 4) is 0 Å². The van der Waals surface area contributed by atoms with E-state index in [1.54, 1.807) is 0 Å². The van der Waals surface area contributed by atoms with Gasteiger partial charge in [-0.3, -0.25) is 0 Å². The molecule has 0 aliphatic heterocycles. The van der Waals surface area contributed by atoms with Crippen molar-refractivity contribution in [2.24, 2.45) is 5.92 Å². The number of aromatic nitrogens is 2. The van der Waals surface area contributed by atoms with Crippen LogP contribution in [0.25, 0.3) is 0 Å². The van der Waals surface area contributed by atoms with Gasteiger partial charge in [-0.15, -0.1) is 0 Å². The standard InChI is InChI=1S/C10H16N2O/c1-7-3-5-9(6-4-7)10-11-8(2)12-13-10/h7,9H,3-6H2,1-2H3/t7-,9-. The summed E-state index contributed by atoms with van der Waals surface area (Å²) < 4.78 is 5.18. The second-order valence-electron chi connectivity index (χ2n) is 4.14. The topological polar surface area (TPSA) is 38.9 Å². The Labute approximate surface area is 78.5 Å². The molecule has 3 nitrogen and oxygen atoms in total. The van der Waals surface area contributed by atoms with Gasteiger partial charge in [0.05, 0.1) is 0 Å². The molecular weight excluding hydrogens is 164 g/mol. The van der Waals surface area contributed by atoms with Crippen molar-refractivity contribution in [3.05, 3.63) is 11.7 Å². The molecule has 13 heavy (non-hydrogen) atoms. The van der Waals surface area contributed by atoms with Crippen LogP contribution in [0.1, 0.15) is 50.2 Å². The Hall–Kier alpha value is -0.860. The van der Waals surface area contributed by atoms with E-state index in [-0.39, 0.29) is 0 Å². The second kappa shape index (κ2) is 3.48. The van der Waals surface area contributed by atoms with Crippen molar-refractivity contribution in [1.29, 1.82) is 0 Å². The van der Waals surface area contributed by atoms with Crippen LogP contribution < -0.4 is 0 Å². The van der Waals surface area contributed by atoms with Gasteiger partial charge in [0.15, 0.2) is 5.82 Å². The van der Waals surface area contributed by atoms with E-state index in [0.29, 0.717) is 5.92 Å².